The molecule has 3 spiro atoms. The molecule has 3 aliphatic heterocycles. The van der Waals surface area contributed by atoms with E-state index in [0.717, 1.165) is 19.3 Å². The summed E-state index contributed by atoms with van der Waals surface area (Å²) in [4.78, 5) is 0.492. The maximum Gasteiger partial charge on any atom is 0.192 e. The molecular formula is C26H41BrO3Si. The topological polar surface area (TPSA) is 31.0 Å². The van der Waals surface area contributed by atoms with Gasteiger partial charge in [-0.15, -0.1) is 0 Å². The van der Waals surface area contributed by atoms with Crippen LogP contribution in [0.3, 0.4) is 0 Å². The summed E-state index contributed by atoms with van der Waals surface area (Å²) in [5.41, 5.74) is 1.50. The lowest BCUT2D eigenvalue weighted by Gasteiger charge is -2.57. The van der Waals surface area contributed by atoms with Crippen LogP contribution >= 0.6 is 15.9 Å². The van der Waals surface area contributed by atoms with E-state index in [4.69, 9.17) is 13.9 Å². The summed E-state index contributed by atoms with van der Waals surface area (Å²) in [5.74, 6) is 1.14. The standard InChI is InChI=1S/C26H41BrO3Si/c1-16-18(27)15-24-12-13-25(30-24)17(14-26(24)21(16)28-26)10-11-23(5)19(25)8-9-20(23)29-31(6,7)22(2,3)4/h14,16,18-21H,8-13,15H2,1-7H3/t16-,18-,19-,20+,21+,23+,24-,25-,26+/m1/s1. The second-order valence-electron chi connectivity index (χ2n) is 13.6. The summed E-state index contributed by atoms with van der Waals surface area (Å²) < 4.78 is 21.0. The van der Waals surface area contributed by atoms with Gasteiger partial charge >= 0.3 is 0 Å². The van der Waals surface area contributed by atoms with Crippen LogP contribution in [0, 0.1) is 17.3 Å². The minimum atomic E-state index is -1.79. The van der Waals surface area contributed by atoms with E-state index in [2.05, 4.69) is 69.7 Å². The molecule has 0 radical (unpaired) electrons. The van der Waals surface area contributed by atoms with Crippen molar-refractivity contribution in [1.29, 1.82) is 0 Å². The Balaban J connectivity index is 1.35. The molecule has 0 amide bonds. The highest BCUT2D eigenvalue weighted by Gasteiger charge is 2.81. The Kier molecular flexibility index (Phi) is 4.30. The maximum atomic E-state index is 7.40. The molecule has 9 atom stereocenters. The van der Waals surface area contributed by atoms with Crippen LogP contribution in [0.15, 0.2) is 11.6 Å². The lowest BCUT2D eigenvalue weighted by Crippen LogP contribution is -2.62. The highest BCUT2D eigenvalue weighted by molar-refractivity contribution is 9.09. The number of hydrogen-bond acceptors (Lipinski definition) is 3. The molecule has 2 bridgehead atoms. The Morgan fingerprint density at radius 1 is 1.16 bits per heavy atom. The van der Waals surface area contributed by atoms with E-state index in [1.807, 2.05) is 0 Å². The number of rotatable bonds is 2. The average molecular weight is 510 g/mol. The van der Waals surface area contributed by atoms with Gasteiger partial charge in [0.25, 0.3) is 0 Å². The lowest BCUT2D eigenvalue weighted by molar-refractivity contribution is -0.184. The number of fused-ring (bicyclic) bond motifs is 1. The third kappa shape index (κ3) is 2.51. The van der Waals surface area contributed by atoms with Crippen molar-refractivity contribution < 1.29 is 13.9 Å². The van der Waals surface area contributed by atoms with E-state index in [-0.39, 0.29) is 27.3 Å². The summed E-state index contributed by atoms with van der Waals surface area (Å²) in [6.07, 6.45) is 11.6. The summed E-state index contributed by atoms with van der Waals surface area (Å²) in [7, 11) is -1.79. The Morgan fingerprint density at radius 3 is 2.61 bits per heavy atom. The first-order valence-electron chi connectivity index (χ1n) is 12.7. The number of epoxide rings is 1. The molecule has 0 unspecified atom stereocenters. The third-order valence-corrected chi connectivity index (χ3v) is 16.8. The molecule has 3 saturated carbocycles. The molecular weight excluding hydrogens is 468 g/mol. The number of alkyl halides is 1. The van der Waals surface area contributed by atoms with Gasteiger partial charge in [0.1, 0.15) is 11.2 Å². The highest BCUT2D eigenvalue weighted by Crippen LogP contribution is 2.73. The van der Waals surface area contributed by atoms with Crippen LogP contribution in [0.25, 0.3) is 0 Å². The second-order valence-corrected chi connectivity index (χ2v) is 19.5. The van der Waals surface area contributed by atoms with Crippen LogP contribution in [0.2, 0.25) is 18.1 Å². The van der Waals surface area contributed by atoms with Crippen LogP contribution in [0.4, 0.5) is 0 Å². The quantitative estimate of drug-likeness (QED) is 0.178. The first-order valence-corrected chi connectivity index (χ1v) is 16.5. The van der Waals surface area contributed by atoms with Gasteiger partial charge in [-0.25, -0.2) is 0 Å². The molecule has 5 heteroatoms. The van der Waals surface area contributed by atoms with Crippen LogP contribution < -0.4 is 0 Å². The van der Waals surface area contributed by atoms with Crippen molar-refractivity contribution in [3.63, 3.8) is 0 Å². The van der Waals surface area contributed by atoms with Crippen molar-refractivity contribution in [3.8, 4) is 0 Å². The fourth-order valence-corrected chi connectivity index (χ4v) is 10.4. The first-order chi connectivity index (χ1) is 14.3. The van der Waals surface area contributed by atoms with Crippen molar-refractivity contribution >= 4 is 24.2 Å². The van der Waals surface area contributed by atoms with E-state index in [1.165, 1.54) is 25.7 Å². The Labute approximate surface area is 198 Å². The first kappa shape index (κ1) is 21.8. The largest absolute Gasteiger partial charge is 0.413 e. The SMILES string of the molecule is C[C@@H]1[C@H](Br)C[C@@]23CC[C@@]4(O2)C(=C[C@@]32O[C@@H]12)CC[C@]1(C)[C@@H](O[Si](C)(C)C(C)(C)C)CC[C@H]14. The van der Waals surface area contributed by atoms with Gasteiger partial charge in [0.2, 0.25) is 0 Å². The predicted molar refractivity (Wildman–Crippen MR) is 130 cm³/mol. The molecule has 2 saturated heterocycles. The lowest BCUT2D eigenvalue weighted by atomic mass is 9.58. The summed E-state index contributed by atoms with van der Waals surface area (Å²) in [6, 6.07) is 0. The molecule has 3 aliphatic carbocycles. The molecule has 5 fully saturated rings. The normalized spacial score (nSPS) is 55.1. The van der Waals surface area contributed by atoms with E-state index < -0.39 is 8.32 Å². The predicted octanol–water partition coefficient (Wildman–Crippen LogP) is 6.76. The zero-order valence-corrected chi connectivity index (χ0v) is 23.1. The van der Waals surface area contributed by atoms with Gasteiger partial charge in [0, 0.05) is 4.83 Å². The molecule has 174 valence electrons. The van der Waals surface area contributed by atoms with Crippen LogP contribution in [0.5, 0.6) is 0 Å². The molecule has 3 heterocycles. The molecule has 0 N–H and O–H groups in total. The van der Waals surface area contributed by atoms with Crippen molar-refractivity contribution in [1.82, 2.24) is 0 Å². The number of halogens is 1. The van der Waals surface area contributed by atoms with Crippen LogP contribution in [-0.4, -0.2) is 42.2 Å². The van der Waals surface area contributed by atoms with Gasteiger partial charge < -0.3 is 13.9 Å². The highest BCUT2D eigenvalue weighted by atomic mass is 79.9. The minimum Gasteiger partial charge on any atom is -0.413 e. The van der Waals surface area contributed by atoms with Crippen LogP contribution in [0.1, 0.15) is 79.6 Å². The number of ether oxygens (including phenoxy) is 2. The van der Waals surface area contributed by atoms with Gasteiger partial charge in [-0.1, -0.05) is 50.5 Å². The minimum absolute atomic E-state index is 0.0619. The second kappa shape index (κ2) is 6.11. The smallest absolute Gasteiger partial charge is 0.192 e. The molecule has 0 aromatic carbocycles. The van der Waals surface area contributed by atoms with E-state index >= 15 is 0 Å². The maximum absolute atomic E-state index is 7.40. The molecule has 3 nitrogen and oxygen atoms in total. The van der Waals surface area contributed by atoms with Crippen molar-refractivity contribution in [2.75, 3.05) is 0 Å². The zero-order valence-electron chi connectivity index (χ0n) is 20.5. The van der Waals surface area contributed by atoms with E-state index in [9.17, 15) is 0 Å². The van der Waals surface area contributed by atoms with E-state index in [1.54, 1.807) is 5.57 Å². The Hall–Kier alpha value is 0.317. The van der Waals surface area contributed by atoms with Gasteiger partial charge in [-0.05, 0) is 92.0 Å². The molecule has 6 rings (SSSR count). The van der Waals surface area contributed by atoms with E-state index in [0.29, 0.717) is 28.9 Å². The van der Waals surface area contributed by atoms with Gasteiger partial charge in [-0.2, -0.15) is 0 Å². The molecule has 6 aliphatic rings. The van der Waals surface area contributed by atoms with Gasteiger partial charge in [-0.3, -0.25) is 0 Å². The average Bonchev–Trinajstić information content (AvgIpc) is 3.19. The van der Waals surface area contributed by atoms with Gasteiger partial charge in [0.05, 0.1) is 17.8 Å². The fraction of sp³-hybridized carbons (Fsp3) is 0.923. The van der Waals surface area contributed by atoms with Crippen LogP contribution in [-0.2, 0) is 13.9 Å². The summed E-state index contributed by atoms with van der Waals surface area (Å²) in [6.45, 7) is 16.8. The van der Waals surface area contributed by atoms with Crippen molar-refractivity contribution in [2.45, 2.75) is 132 Å². The van der Waals surface area contributed by atoms with Crippen molar-refractivity contribution in [2.24, 2.45) is 17.3 Å². The molecule has 0 aromatic rings. The van der Waals surface area contributed by atoms with Crippen molar-refractivity contribution in [3.05, 3.63) is 11.6 Å². The Morgan fingerprint density at radius 2 is 1.90 bits per heavy atom. The Bertz CT molecular complexity index is 850. The summed E-state index contributed by atoms with van der Waals surface area (Å²) in [5, 5.41) is 0.257. The third-order valence-electron chi connectivity index (χ3n) is 11.2. The zero-order chi connectivity index (χ0) is 22.2. The van der Waals surface area contributed by atoms with Gasteiger partial charge in [0.15, 0.2) is 8.32 Å². The molecule has 31 heavy (non-hydrogen) atoms. The fourth-order valence-electron chi connectivity index (χ4n) is 8.19. The number of hydrogen-bond donors (Lipinski definition) is 0. The molecule has 0 aromatic heterocycles. The summed E-state index contributed by atoms with van der Waals surface area (Å²) >= 11 is 3.99. The monoisotopic (exact) mass is 508 g/mol.